The maximum atomic E-state index is 2.81. The van der Waals surface area contributed by atoms with Gasteiger partial charge in [0.25, 0.3) is 0 Å². The van der Waals surface area contributed by atoms with Crippen LogP contribution in [0.5, 0.6) is 0 Å². The second kappa shape index (κ2) is 5.73. The molecule has 1 aliphatic carbocycles. The van der Waals surface area contributed by atoms with Gasteiger partial charge in [0.15, 0.2) is 0 Å². The lowest BCUT2D eigenvalue weighted by Crippen LogP contribution is -2.50. The molecular weight excluding hydrogens is 256 g/mol. The molecule has 4 rings (SSSR count). The third-order valence-corrected chi connectivity index (χ3v) is 6.06. The monoisotopic (exact) mass is 284 g/mol. The summed E-state index contributed by atoms with van der Waals surface area (Å²) in [6, 6.07) is 11.8. The van der Waals surface area contributed by atoms with Crippen molar-refractivity contribution in [3.05, 3.63) is 35.9 Å². The fourth-order valence-corrected chi connectivity index (χ4v) is 4.35. The summed E-state index contributed by atoms with van der Waals surface area (Å²) < 4.78 is 0. The summed E-state index contributed by atoms with van der Waals surface area (Å²) in [5, 5.41) is 0. The minimum Gasteiger partial charge on any atom is -0.299 e. The van der Waals surface area contributed by atoms with Crippen LogP contribution < -0.4 is 0 Å². The van der Waals surface area contributed by atoms with Crippen molar-refractivity contribution in [2.24, 2.45) is 5.41 Å². The third-order valence-electron chi connectivity index (χ3n) is 6.06. The van der Waals surface area contributed by atoms with Gasteiger partial charge in [-0.1, -0.05) is 30.3 Å². The highest BCUT2D eigenvalue weighted by Crippen LogP contribution is 2.53. The highest BCUT2D eigenvalue weighted by molar-refractivity contribution is 5.14. The first-order valence-electron chi connectivity index (χ1n) is 8.83. The van der Waals surface area contributed by atoms with Crippen LogP contribution in [0.15, 0.2) is 30.3 Å². The van der Waals surface area contributed by atoms with Crippen LogP contribution in [-0.2, 0) is 6.54 Å². The summed E-state index contributed by atoms with van der Waals surface area (Å²) in [5.74, 6) is 0. The van der Waals surface area contributed by atoms with Crippen LogP contribution in [0.25, 0.3) is 0 Å². The van der Waals surface area contributed by atoms with Gasteiger partial charge in [-0.25, -0.2) is 0 Å². The molecule has 0 amide bonds. The molecule has 2 heteroatoms. The molecule has 114 valence electrons. The van der Waals surface area contributed by atoms with Crippen molar-refractivity contribution in [3.63, 3.8) is 0 Å². The van der Waals surface area contributed by atoms with Gasteiger partial charge >= 0.3 is 0 Å². The number of piperidine rings is 2. The number of nitrogens with zero attached hydrogens (tertiary/aromatic N) is 2. The fraction of sp³-hybridized carbons (Fsp3) is 0.684. The lowest BCUT2D eigenvalue weighted by atomic mass is 9.91. The average Bonchev–Trinajstić information content (AvgIpc) is 3.29. The Morgan fingerprint density at radius 2 is 1.71 bits per heavy atom. The molecule has 0 bridgehead atoms. The number of rotatable bonds is 3. The maximum absolute atomic E-state index is 2.81. The summed E-state index contributed by atoms with van der Waals surface area (Å²) in [7, 11) is 0. The van der Waals surface area contributed by atoms with Gasteiger partial charge in [0, 0.05) is 19.1 Å². The number of benzene rings is 1. The molecule has 1 saturated carbocycles. The van der Waals surface area contributed by atoms with Gasteiger partial charge in [0.1, 0.15) is 0 Å². The van der Waals surface area contributed by atoms with Crippen molar-refractivity contribution < 1.29 is 0 Å². The third kappa shape index (κ3) is 3.17. The van der Waals surface area contributed by atoms with Crippen molar-refractivity contribution in [2.45, 2.75) is 51.1 Å². The van der Waals surface area contributed by atoms with Crippen molar-refractivity contribution in [1.29, 1.82) is 0 Å². The lowest BCUT2D eigenvalue weighted by Gasteiger charge is -2.42. The van der Waals surface area contributed by atoms with E-state index in [-0.39, 0.29) is 0 Å². The smallest absolute Gasteiger partial charge is 0.0234 e. The van der Waals surface area contributed by atoms with Crippen LogP contribution in [0.1, 0.15) is 44.1 Å². The Labute approximate surface area is 129 Å². The Bertz CT molecular complexity index is 456. The Kier molecular flexibility index (Phi) is 3.76. The molecule has 3 aliphatic rings. The summed E-state index contributed by atoms with van der Waals surface area (Å²) >= 11 is 0. The summed E-state index contributed by atoms with van der Waals surface area (Å²) in [4.78, 5) is 5.48. The zero-order valence-corrected chi connectivity index (χ0v) is 13.1. The van der Waals surface area contributed by atoms with E-state index >= 15 is 0 Å². The second-order valence-corrected chi connectivity index (χ2v) is 7.55. The molecular formula is C19H28N2. The van der Waals surface area contributed by atoms with Gasteiger partial charge in [0.2, 0.25) is 0 Å². The van der Waals surface area contributed by atoms with Crippen molar-refractivity contribution in [2.75, 3.05) is 26.2 Å². The van der Waals surface area contributed by atoms with Crippen molar-refractivity contribution in [1.82, 2.24) is 9.80 Å². The van der Waals surface area contributed by atoms with Gasteiger partial charge < -0.3 is 0 Å². The van der Waals surface area contributed by atoms with Gasteiger partial charge in [-0.2, -0.15) is 0 Å². The highest BCUT2D eigenvalue weighted by atomic mass is 15.2. The molecule has 2 nitrogen and oxygen atoms in total. The van der Waals surface area contributed by atoms with Gasteiger partial charge in [-0.05, 0) is 69.1 Å². The van der Waals surface area contributed by atoms with Gasteiger partial charge in [0.05, 0.1) is 0 Å². The van der Waals surface area contributed by atoms with E-state index in [1.807, 2.05) is 0 Å². The predicted molar refractivity (Wildman–Crippen MR) is 87.2 cm³/mol. The normalized spacial score (nSPS) is 29.6. The minimum absolute atomic E-state index is 0.814. The fourth-order valence-electron chi connectivity index (χ4n) is 4.35. The van der Waals surface area contributed by atoms with E-state index in [1.165, 1.54) is 70.3 Å². The summed E-state index contributed by atoms with van der Waals surface area (Å²) in [6.07, 6.45) is 8.78. The molecule has 1 unspecified atom stereocenters. The Morgan fingerprint density at radius 1 is 0.952 bits per heavy atom. The molecule has 2 heterocycles. The first kappa shape index (κ1) is 13.8. The zero-order chi connectivity index (χ0) is 14.1. The highest BCUT2D eigenvalue weighted by Gasteiger charge is 2.45. The summed E-state index contributed by atoms with van der Waals surface area (Å²) in [5.41, 5.74) is 2.28. The molecule has 1 aromatic carbocycles. The molecule has 1 atom stereocenters. The molecule has 1 spiro atoms. The zero-order valence-electron chi connectivity index (χ0n) is 13.1. The number of hydrogen-bond donors (Lipinski definition) is 0. The maximum Gasteiger partial charge on any atom is 0.0234 e. The molecule has 21 heavy (non-hydrogen) atoms. The largest absolute Gasteiger partial charge is 0.299 e. The number of likely N-dealkylation sites (tertiary alicyclic amines) is 2. The van der Waals surface area contributed by atoms with E-state index in [4.69, 9.17) is 0 Å². The van der Waals surface area contributed by atoms with E-state index < -0.39 is 0 Å². The number of hydrogen-bond acceptors (Lipinski definition) is 2. The van der Waals surface area contributed by atoms with E-state index in [9.17, 15) is 0 Å². The molecule has 2 saturated heterocycles. The first-order chi connectivity index (χ1) is 10.3. The van der Waals surface area contributed by atoms with Crippen molar-refractivity contribution >= 4 is 0 Å². The molecule has 1 aromatic rings. The van der Waals surface area contributed by atoms with Gasteiger partial charge in [-0.3, -0.25) is 9.80 Å². The second-order valence-electron chi connectivity index (χ2n) is 7.55. The molecule has 2 aliphatic heterocycles. The van der Waals surface area contributed by atoms with Crippen LogP contribution in [0.3, 0.4) is 0 Å². The quantitative estimate of drug-likeness (QED) is 0.838. The predicted octanol–water partition coefficient (Wildman–Crippen LogP) is 3.53. The topological polar surface area (TPSA) is 6.48 Å². The molecule has 0 aromatic heterocycles. The molecule has 0 radical (unpaired) electrons. The van der Waals surface area contributed by atoms with Crippen LogP contribution in [0.2, 0.25) is 0 Å². The Morgan fingerprint density at radius 3 is 2.43 bits per heavy atom. The van der Waals surface area contributed by atoms with Crippen LogP contribution >= 0.6 is 0 Å². The van der Waals surface area contributed by atoms with E-state index in [0.29, 0.717) is 0 Å². The minimum atomic E-state index is 0.814. The Balaban J connectivity index is 1.32. The lowest BCUT2D eigenvalue weighted by molar-refractivity contribution is 0.0617. The first-order valence-corrected chi connectivity index (χ1v) is 8.83. The van der Waals surface area contributed by atoms with E-state index in [1.54, 1.807) is 0 Å². The van der Waals surface area contributed by atoms with Crippen LogP contribution in [0, 0.1) is 5.41 Å². The van der Waals surface area contributed by atoms with Gasteiger partial charge in [-0.15, -0.1) is 0 Å². The average molecular weight is 284 g/mol. The Hall–Kier alpha value is -0.860. The van der Waals surface area contributed by atoms with Crippen LogP contribution in [0.4, 0.5) is 0 Å². The van der Waals surface area contributed by atoms with Crippen molar-refractivity contribution in [3.8, 4) is 0 Å². The molecule has 3 fully saturated rings. The summed E-state index contributed by atoms with van der Waals surface area (Å²) in [6.45, 7) is 6.42. The SMILES string of the molecule is c1ccc(CN2CCCC(N3CCC4(CC3)CC4)C2)cc1. The van der Waals surface area contributed by atoms with E-state index in [2.05, 4.69) is 40.1 Å². The van der Waals surface area contributed by atoms with E-state index in [0.717, 1.165) is 18.0 Å². The standard InChI is InChI=1S/C19H28N2/c1-2-5-17(6-3-1)15-20-12-4-7-18(16-20)21-13-10-19(8-9-19)11-14-21/h1-3,5-6,18H,4,7-16H2. The van der Waals surface area contributed by atoms with Crippen LogP contribution in [-0.4, -0.2) is 42.0 Å². The molecule has 0 N–H and O–H groups in total.